The quantitative estimate of drug-likeness (QED) is 0.589. The third-order valence-corrected chi connectivity index (χ3v) is 5.41. The number of carbonyl (C=O) groups excluding carboxylic acids is 1. The van der Waals surface area contributed by atoms with Gasteiger partial charge in [0, 0.05) is 19.2 Å². The van der Waals surface area contributed by atoms with Gasteiger partial charge in [-0.1, -0.05) is 35.9 Å². The van der Waals surface area contributed by atoms with Crippen LogP contribution in [-0.2, 0) is 17.9 Å². The predicted octanol–water partition coefficient (Wildman–Crippen LogP) is 4.67. The largest absolute Gasteiger partial charge is 0.493 e. The van der Waals surface area contributed by atoms with Crippen LogP contribution in [0.5, 0.6) is 11.5 Å². The number of hydrogen-bond acceptors (Lipinski definition) is 4. The van der Waals surface area contributed by atoms with E-state index in [4.69, 9.17) is 21.1 Å². The van der Waals surface area contributed by atoms with E-state index in [0.29, 0.717) is 29.7 Å². The first kappa shape index (κ1) is 22.2. The van der Waals surface area contributed by atoms with Crippen LogP contribution in [0.3, 0.4) is 0 Å². The van der Waals surface area contributed by atoms with Crippen molar-refractivity contribution >= 4 is 23.6 Å². The minimum atomic E-state index is -0.157. The summed E-state index contributed by atoms with van der Waals surface area (Å²) in [5.41, 5.74) is 3.19. The first-order chi connectivity index (χ1) is 14.6. The van der Waals surface area contributed by atoms with E-state index >= 15 is 0 Å². The van der Waals surface area contributed by atoms with Crippen molar-refractivity contribution in [2.45, 2.75) is 32.9 Å². The zero-order valence-electron chi connectivity index (χ0n) is 17.6. The Morgan fingerprint density at radius 2 is 1.93 bits per heavy atom. The molecule has 0 aliphatic carbocycles. The summed E-state index contributed by atoms with van der Waals surface area (Å²) in [6.45, 7) is 6.12. The Bertz CT molecular complexity index is 892. The molecule has 0 aromatic heterocycles. The molecule has 30 heavy (non-hydrogen) atoms. The maximum atomic E-state index is 12.4. The summed E-state index contributed by atoms with van der Waals surface area (Å²) in [6, 6.07) is 11.8. The summed E-state index contributed by atoms with van der Waals surface area (Å²) in [5.74, 6) is 0.896. The van der Waals surface area contributed by atoms with Gasteiger partial charge in [0.15, 0.2) is 11.5 Å². The Morgan fingerprint density at radius 3 is 2.63 bits per heavy atom. The predicted molar refractivity (Wildman–Crippen MR) is 121 cm³/mol. The van der Waals surface area contributed by atoms with Crippen molar-refractivity contribution in [3.63, 3.8) is 0 Å². The second kappa shape index (κ2) is 11.0. The molecule has 0 spiro atoms. The molecule has 0 unspecified atom stereocenters. The number of benzene rings is 2. The van der Waals surface area contributed by atoms with Crippen LogP contribution in [0.2, 0.25) is 5.02 Å². The highest BCUT2D eigenvalue weighted by Crippen LogP contribution is 2.36. The average molecular weight is 429 g/mol. The molecule has 2 aromatic carbocycles. The topological polar surface area (TPSA) is 50.8 Å². The van der Waals surface area contributed by atoms with E-state index in [1.807, 2.05) is 13.0 Å². The zero-order valence-corrected chi connectivity index (χ0v) is 18.4. The van der Waals surface area contributed by atoms with Gasteiger partial charge in [-0.15, -0.1) is 0 Å². The zero-order chi connectivity index (χ0) is 21.3. The molecule has 1 N–H and O–H groups in total. The van der Waals surface area contributed by atoms with E-state index in [9.17, 15) is 4.79 Å². The number of methoxy groups -OCH3 is 1. The first-order valence-electron chi connectivity index (χ1n) is 10.4. The fourth-order valence-corrected chi connectivity index (χ4v) is 3.87. The molecule has 1 heterocycles. The van der Waals surface area contributed by atoms with Gasteiger partial charge in [0.25, 0.3) is 0 Å². The molecule has 1 amide bonds. The van der Waals surface area contributed by atoms with Gasteiger partial charge in [0.1, 0.15) is 0 Å². The van der Waals surface area contributed by atoms with E-state index in [1.165, 1.54) is 24.5 Å². The lowest BCUT2D eigenvalue weighted by Crippen LogP contribution is -2.23. The monoisotopic (exact) mass is 428 g/mol. The lowest BCUT2D eigenvalue weighted by atomic mass is 10.1. The smallest absolute Gasteiger partial charge is 0.244 e. The van der Waals surface area contributed by atoms with E-state index in [2.05, 4.69) is 28.4 Å². The third-order valence-electron chi connectivity index (χ3n) is 5.13. The second-order valence-electron chi connectivity index (χ2n) is 7.27. The molecule has 3 rings (SSSR count). The number of halogens is 1. The van der Waals surface area contributed by atoms with Gasteiger partial charge in [0.2, 0.25) is 5.91 Å². The average Bonchev–Trinajstić information content (AvgIpc) is 3.26. The molecule has 6 heteroatoms. The fraction of sp³-hybridized carbons (Fsp3) is 0.375. The lowest BCUT2D eigenvalue weighted by molar-refractivity contribution is -0.116. The van der Waals surface area contributed by atoms with Crippen LogP contribution in [0.25, 0.3) is 6.08 Å². The molecule has 5 nitrogen and oxygen atoms in total. The molecular weight excluding hydrogens is 400 g/mol. The normalized spacial score (nSPS) is 14.2. The van der Waals surface area contributed by atoms with Crippen LogP contribution in [0.15, 0.2) is 42.5 Å². The standard InChI is InChI=1S/C24H29ClN2O3/c1-3-30-24-21(25)14-18(15-22(24)29-2)10-11-23(28)26-16-19-8-4-5-9-20(19)17-27-12-6-7-13-27/h4-5,8-11,14-15H,3,6-7,12-13,16-17H2,1-2H3,(H,26,28)/b11-10+. The van der Waals surface area contributed by atoms with Crippen LogP contribution in [-0.4, -0.2) is 37.6 Å². The van der Waals surface area contributed by atoms with Gasteiger partial charge in [-0.3, -0.25) is 9.69 Å². The van der Waals surface area contributed by atoms with Crippen molar-refractivity contribution in [3.05, 3.63) is 64.2 Å². The van der Waals surface area contributed by atoms with Crippen LogP contribution in [0.1, 0.15) is 36.5 Å². The number of hydrogen-bond donors (Lipinski definition) is 1. The highest BCUT2D eigenvalue weighted by Gasteiger charge is 2.14. The highest BCUT2D eigenvalue weighted by molar-refractivity contribution is 6.32. The van der Waals surface area contributed by atoms with Crippen molar-refractivity contribution in [1.29, 1.82) is 0 Å². The summed E-state index contributed by atoms with van der Waals surface area (Å²) in [6.07, 6.45) is 5.76. The summed E-state index contributed by atoms with van der Waals surface area (Å²) >= 11 is 6.29. The SMILES string of the molecule is CCOc1c(Cl)cc(/C=C/C(=O)NCc2ccccc2CN2CCCC2)cc1OC. The third kappa shape index (κ3) is 6.00. The Morgan fingerprint density at radius 1 is 1.20 bits per heavy atom. The highest BCUT2D eigenvalue weighted by atomic mass is 35.5. The molecule has 0 saturated carbocycles. The van der Waals surface area contributed by atoms with Gasteiger partial charge >= 0.3 is 0 Å². The Balaban J connectivity index is 1.61. The number of carbonyl (C=O) groups is 1. The molecule has 2 aromatic rings. The molecule has 1 aliphatic heterocycles. The molecule has 0 atom stereocenters. The van der Waals surface area contributed by atoms with Crippen molar-refractivity contribution in [2.24, 2.45) is 0 Å². The molecule has 1 saturated heterocycles. The summed E-state index contributed by atoms with van der Waals surface area (Å²) in [4.78, 5) is 14.8. The van der Waals surface area contributed by atoms with Crippen LogP contribution >= 0.6 is 11.6 Å². The van der Waals surface area contributed by atoms with Crippen molar-refractivity contribution in [1.82, 2.24) is 10.2 Å². The van der Waals surface area contributed by atoms with Gasteiger partial charge in [-0.05, 0) is 67.8 Å². The number of likely N-dealkylation sites (tertiary alicyclic amines) is 1. The van der Waals surface area contributed by atoms with Crippen LogP contribution in [0, 0.1) is 0 Å². The van der Waals surface area contributed by atoms with Crippen molar-refractivity contribution in [2.75, 3.05) is 26.8 Å². The van der Waals surface area contributed by atoms with Gasteiger partial charge in [-0.25, -0.2) is 0 Å². The van der Waals surface area contributed by atoms with E-state index in [1.54, 1.807) is 25.3 Å². The molecule has 1 fully saturated rings. The number of nitrogens with zero attached hydrogens (tertiary/aromatic N) is 1. The lowest BCUT2D eigenvalue weighted by Gasteiger charge is -2.17. The van der Waals surface area contributed by atoms with Crippen LogP contribution in [0.4, 0.5) is 0 Å². The molecule has 160 valence electrons. The number of amides is 1. The maximum Gasteiger partial charge on any atom is 0.244 e. The minimum Gasteiger partial charge on any atom is -0.493 e. The minimum absolute atomic E-state index is 0.157. The summed E-state index contributed by atoms with van der Waals surface area (Å²) in [5, 5.41) is 3.43. The molecule has 1 aliphatic rings. The van der Waals surface area contributed by atoms with Gasteiger partial charge in [-0.2, -0.15) is 0 Å². The number of nitrogens with one attached hydrogen (secondary N) is 1. The van der Waals surface area contributed by atoms with E-state index in [-0.39, 0.29) is 5.91 Å². The number of ether oxygens (including phenoxy) is 2. The summed E-state index contributed by atoms with van der Waals surface area (Å²) < 4.78 is 10.9. The molecule has 0 radical (unpaired) electrons. The van der Waals surface area contributed by atoms with Crippen molar-refractivity contribution < 1.29 is 14.3 Å². The van der Waals surface area contributed by atoms with Crippen molar-refractivity contribution in [3.8, 4) is 11.5 Å². The van der Waals surface area contributed by atoms with Crippen LogP contribution < -0.4 is 14.8 Å². The van der Waals surface area contributed by atoms with E-state index in [0.717, 1.165) is 30.8 Å². The maximum absolute atomic E-state index is 12.4. The van der Waals surface area contributed by atoms with Gasteiger partial charge in [0.05, 0.1) is 18.7 Å². The second-order valence-corrected chi connectivity index (χ2v) is 7.68. The number of rotatable bonds is 9. The Kier molecular flexibility index (Phi) is 8.17. The fourth-order valence-electron chi connectivity index (χ4n) is 3.60. The molecular formula is C24H29ClN2O3. The summed E-state index contributed by atoms with van der Waals surface area (Å²) in [7, 11) is 1.56. The Labute approximate surface area is 183 Å². The Hall–Kier alpha value is -2.50. The van der Waals surface area contributed by atoms with E-state index < -0.39 is 0 Å². The first-order valence-corrected chi connectivity index (χ1v) is 10.7. The molecule has 0 bridgehead atoms. The van der Waals surface area contributed by atoms with Gasteiger partial charge < -0.3 is 14.8 Å².